The molecule has 4 atom stereocenters. The fourth-order valence-electron chi connectivity index (χ4n) is 6.72. The number of ether oxygens (including phenoxy) is 3. The molecule has 9 nitrogen and oxygen atoms in total. The van der Waals surface area contributed by atoms with Gasteiger partial charge >= 0.3 is 11.9 Å². The van der Waals surface area contributed by atoms with E-state index in [1.807, 2.05) is 97.6 Å². The first-order valence-corrected chi connectivity index (χ1v) is 21.7. The second-order valence-electron chi connectivity index (χ2n) is 15.9. The van der Waals surface area contributed by atoms with Crippen molar-refractivity contribution in [2.24, 2.45) is 11.8 Å². The van der Waals surface area contributed by atoms with E-state index in [0.717, 1.165) is 83.0 Å². The topological polar surface area (TPSA) is 113 Å². The van der Waals surface area contributed by atoms with E-state index < -0.39 is 12.2 Å². The van der Waals surface area contributed by atoms with Crippen molar-refractivity contribution in [3.63, 3.8) is 0 Å². The molecule has 9 heteroatoms. The monoisotopic (exact) mass is 818 g/mol. The summed E-state index contributed by atoms with van der Waals surface area (Å²) < 4.78 is 18.5. The molecule has 0 amide bonds. The Labute approximate surface area is 361 Å². The van der Waals surface area contributed by atoms with E-state index in [9.17, 15) is 9.59 Å². The van der Waals surface area contributed by atoms with Gasteiger partial charge in [0.1, 0.15) is 12.2 Å². The molecule has 2 heterocycles. The maximum absolute atomic E-state index is 13.0. The molecule has 0 saturated carbocycles. The summed E-state index contributed by atoms with van der Waals surface area (Å²) in [6.45, 7) is 13.3. The number of carbonyl (C=O) groups is 2. The van der Waals surface area contributed by atoms with Gasteiger partial charge in [-0.1, -0.05) is 140 Å². The molecule has 0 aliphatic carbocycles. The van der Waals surface area contributed by atoms with Gasteiger partial charge in [0.25, 0.3) is 0 Å². The van der Waals surface area contributed by atoms with Crippen molar-refractivity contribution in [1.82, 2.24) is 19.9 Å². The molecular weight excluding hydrogens is 761 g/mol. The third-order valence-electron chi connectivity index (χ3n) is 11.0. The number of benzene rings is 4. The van der Waals surface area contributed by atoms with Gasteiger partial charge in [0.05, 0.1) is 24.3 Å². The molecule has 6 rings (SSSR count). The summed E-state index contributed by atoms with van der Waals surface area (Å²) >= 11 is 0. The molecule has 4 unspecified atom stereocenters. The van der Waals surface area contributed by atoms with Gasteiger partial charge in [-0.3, -0.25) is 0 Å². The van der Waals surface area contributed by atoms with E-state index in [2.05, 4.69) is 61.5 Å². The van der Waals surface area contributed by atoms with E-state index in [1.54, 1.807) is 24.3 Å². The predicted molar refractivity (Wildman–Crippen MR) is 240 cm³/mol. The fraction of sp³-hybridized carbons (Fsp3) is 0.346. The standard InChI is InChI=1S/C52H58N4O5/c1-7-11-37-29-53-49(54-30-37)43-21-13-39(14-22-43)47(41-17-25-45(26-18-41)51(57)59-33-35(5)9-3)61-48(42-19-27-46(28-20-42)52(58)60-34-36(6)10-4)40-15-23-44(24-16-40)50-55-31-38(12-8-2)32-56-50/h13-32,35-36,47-48H,7-12,33-34H2,1-6H3. The Morgan fingerprint density at radius 2 is 0.787 bits per heavy atom. The van der Waals surface area contributed by atoms with Crippen LogP contribution in [0.4, 0.5) is 0 Å². The molecule has 4 aromatic carbocycles. The van der Waals surface area contributed by atoms with Gasteiger partial charge in [0.15, 0.2) is 11.6 Å². The fourth-order valence-corrected chi connectivity index (χ4v) is 6.72. The van der Waals surface area contributed by atoms with E-state index in [0.29, 0.717) is 36.0 Å². The van der Waals surface area contributed by atoms with Crippen molar-refractivity contribution in [1.29, 1.82) is 0 Å². The van der Waals surface area contributed by atoms with Crippen molar-refractivity contribution in [2.75, 3.05) is 13.2 Å². The van der Waals surface area contributed by atoms with E-state index >= 15 is 0 Å². The lowest BCUT2D eigenvalue weighted by atomic mass is 9.95. The van der Waals surface area contributed by atoms with Crippen LogP contribution >= 0.6 is 0 Å². The Balaban J connectivity index is 1.37. The lowest BCUT2D eigenvalue weighted by molar-refractivity contribution is 0.0306. The van der Waals surface area contributed by atoms with Crippen LogP contribution in [-0.2, 0) is 27.1 Å². The van der Waals surface area contributed by atoms with Gasteiger partial charge in [-0.15, -0.1) is 0 Å². The van der Waals surface area contributed by atoms with Gasteiger partial charge < -0.3 is 14.2 Å². The van der Waals surface area contributed by atoms with E-state index in [4.69, 9.17) is 14.2 Å². The second-order valence-corrected chi connectivity index (χ2v) is 15.9. The number of carbonyl (C=O) groups excluding carboxylic acids is 2. The molecule has 0 aliphatic rings. The summed E-state index contributed by atoms with van der Waals surface area (Å²) in [6.07, 6.45) is 12.2. The van der Waals surface area contributed by atoms with Crippen LogP contribution in [0.1, 0.15) is 134 Å². The summed E-state index contributed by atoms with van der Waals surface area (Å²) in [5.74, 6) is 1.13. The predicted octanol–water partition coefficient (Wildman–Crippen LogP) is 11.8. The van der Waals surface area contributed by atoms with Crippen LogP contribution in [-0.4, -0.2) is 45.1 Å². The molecule has 0 fully saturated rings. The molecule has 6 aromatic rings. The average molecular weight is 819 g/mol. The van der Waals surface area contributed by atoms with Crippen molar-refractivity contribution in [3.05, 3.63) is 166 Å². The van der Waals surface area contributed by atoms with Crippen LogP contribution in [0.25, 0.3) is 22.8 Å². The molecule has 0 radical (unpaired) electrons. The summed E-state index contributed by atoms with van der Waals surface area (Å²) in [5.41, 5.74) is 8.41. The van der Waals surface area contributed by atoms with Crippen LogP contribution in [0, 0.1) is 11.8 Å². The molecule has 61 heavy (non-hydrogen) atoms. The third kappa shape index (κ3) is 12.0. The number of aromatic nitrogens is 4. The molecule has 0 saturated heterocycles. The lowest BCUT2D eigenvalue weighted by Crippen LogP contribution is -2.15. The first-order chi connectivity index (χ1) is 29.7. The Hall–Kier alpha value is -6.06. The first kappa shape index (κ1) is 44.5. The van der Waals surface area contributed by atoms with Crippen LogP contribution in [0.15, 0.2) is 122 Å². The highest BCUT2D eigenvalue weighted by Gasteiger charge is 2.25. The van der Waals surface area contributed by atoms with Gasteiger partial charge in [0.2, 0.25) is 0 Å². The van der Waals surface area contributed by atoms with Crippen molar-refractivity contribution >= 4 is 11.9 Å². The van der Waals surface area contributed by atoms with Crippen molar-refractivity contribution in [3.8, 4) is 22.8 Å². The van der Waals surface area contributed by atoms with Crippen molar-refractivity contribution in [2.45, 2.75) is 92.3 Å². The number of hydrogen-bond donors (Lipinski definition) is 0. The smallest absolute Gasteiger partial charge is 0.338 e. The Morgan fingerprint density at radius 1 is 0.475 bits per heavy atom. The summed E-state index contributed by atoms with van der Waals surface area (Å²) in [4.78, 5) is 44.6. The highest BCUT2D eigenvalue weighted by Crippen LogP contribution is 2.37. The largest absolute Gasteiger partial charge is 0.462 e. The zero-order chi connectivity index (χ0) is 43.1. The molecule has 0 bridgehead atoms. The maximum atomic E-state index is 13.0. The average Bonchev–Trinajstić information content (AvgIpc) is 3.31. The summed E-state index contributed by atoms with van der Waals surface area (Å²) in [7, 11) is 0. The van der Waals surface area contributed by atoms with Gasteiger partial charge in [0, 0.05) is 35.9 Å². The van der Waals surface area contributed by atoms with Gasteiger partial charge in [-0.25, -0.2) is 29.5 Å². The molecule has 0 spiro atoms. The van der Waals surface area contributed by atoms with Crippen molar-refractivity contribution < 1.29 is 23.8 Å². The number of esters is 2. The van der Waals surface area contributed by atoms with E-state index in [-0.39, 0.29) is 23.8 Å². The van der Waals surface area contributed by atoms with Crippen LogP contribution in [0.5, 0.6) is 0 Å². The minimum Gasteiger partial charge on any atom is -0.462 e. The molecule has 2 aromatic heterocycles. The summed E-state index contributed by atoms with van der Waals surface area (Å²) in [5, 5.41) is 0. The first-order valence-electron chi connectivity index (χ1n) is 21.7. The van der Waals surface area contributed by atoms with Crippen LogP contribution < -0.4 is 0 Å². The number of aryl methyl sites for hydroxylation is 2. The molecule has 0 N–H and O–H groups in total. The minimum atomic E-state index is -0.577. The summed E-state index contributed by atoms with van der Waals surface area (Å²) in [6, 6.07) is 31.0. The quantitative estimate of drug-likeness (QED) is 0.0695. The van der Waals surface area contributed by atoms with Gasteiger partial charge in [-0.05, 0) is 82.3 Å². The molecule has 0 aliphatic heterocycles. The SMILES string of the molecule is CCCc1cnc(-c2ccc(C(OC(c3ccc(C(=O)OCC(C)CC)cc3)c3ccc(-c4ncc(CCC)cn4)cc3)c3ccc(C(=O)OCC(C)CC)cc3)cc2)nc1. The maximum Gasteiger partial charge on any atom is 0.338 e. The Bertz CT molecular complexity index is 2110. The van der Waals surface area contributed by atoms with Gasteiger partial charge in [-0.2, -0.15) is 0 Å². The highest BCUT2D eigenvalue weighted by atomic mass is 16.5. The zero-order valence-electron chi connectivity index (χ0n) is 36.3. The Kier molecular flexibility index (Phi) is 16.0. The Morgan fingerprint density at radius 3 is 1.08 bits per heavy atom. The zero-order valence-corrected chi connectivity index (χ0v) is 36.3. The third-order valence-corrected chi connectivity index (χ3v) is 11.0. The molecule has 316 valence electrons. The normalized spacial score (nSPS) is 13.2. The van der Waals surface area contributed by atoms with Crippen LogP contribution in [0.2, 0.25) is 0 Å². The second kappa shape index (κ2) is 22.0. The van der Waals surface area contributed by atoms with E-state index in [1.165, 1.54) is 0 Å². The number of nitrogens with zero attached hydrogens (tertiary/aromatic N) is 4. The van der Waals surface area contributed by atoms with Crippen LogP contribution in [0.3, 0.4) is 0 Å². The number of rotatable bonds is 20. The molecular formula is C52H58N4O5. The number of hydrogen-bond acceptors (Lipinski definition) is 9. The minimum absolute atomic E-state index is 0.276. The lowest BCUT2D eigenvalue weighted by Gasteiger charge is -2.27. The highest BCUT2D eigenvalue weighted by molar-refractivity contribution is 5.90.